The van der Waals surface area contributed by atoms with Crippen LogP contribution in [0.5, 0.6) is 0 Å². The Kier molecular flexibility index (Phi) is 2.12. The van der Waals surface area contributed by atoms with Crippen molar-refractivity contribution in [1.29, 1.82) is 0 Å². The lowest BCUT2D eigenvalue weighted by Crippen LogP contribution is -2.41. The van der Waals surface area contributed by atoms with Gasteiger partial charge >= 0.3 is 0 Å². The van der Waals surface area contributed by atoms with Gasteiger partial charge in [-0.25, -0.2) is 0 Å². The van der Waals surface area contributed by atoms with Gasteiger partial charge in [0.15, 0.2) is 0 Å². The second kappa shape index (κ2) is 2.96. The number of aliphatic hydroxyl groups is 2. The maximum absolute atomic E-state index is 9.50. The molecule has 0 aromatic heterocycles. The van der Waals surface area contributed by atoms with Crippen molar-refractivity contribution < 1.29 is 10.2 Å². The summed E-state index contributed by atoms with van der Waals surface area (Å²) >= 11 is 1.79. The van der Waals surface area contributed by atoms with E-state index in [1.165, 1.54) is 0 Å². The van der Waals surface area contributed by atoms with Crippen molar-refractivity contribution in [3.8, 4) is 0 Å². The molecule has 2 saturated heterocycles. The van der Waals surface area contributed by atoms with Crippen molar-refractivity contribution in [3.05, 3.63) is 0 Å². The first kappa shape index (κ1) is 7.90. The fourth-order valence-electron chi connectivity index (χ4n) is 1.97. The van der Waals surface area contributed by atoms with Crippen LogP contribution >= 0.6 is 11.8 Å². The van der Waals surface area contributed by atoms with E-state index >= 15 is 0 Å². The van der Waals surface area contributed by atoms with Crippen molar-refractivity contribution in [2.45, 2.75) is 48.4 Å². The molecule has 2 aliphatic rings. The summed E-state index contributed by atoms with van der Waals surface area (Å²) in [5.74, 6) is 0. The molecule has 2 heterocycles. The first-order valence-electron chi connectivity index (χ1n) is 4.29. The normalized spacial score (nSPS) is 50.7. The van der Waals surface area contributed by atoms with Gasteiger partial charge in [0.1, 0.15) is 0 Å². The maximum Gasteiger partial charge on any atom is 0.0659 e. The number of hydrogen-bond donors (Lipinski definition) is 2. The molecule has 4 atom stereocenters. The van der Waals surface area contributed by atoms with Gasteiger partial charge in [0.2, 0.25) is 0 Å². The Morgan fingerprint density at radius 3 is 1.73 bits per heavy atom. The zero-order valence-corrected chi connectivity index (χ0v) is 7.26. The molecule has 2 fully saturated rings. The molecule has 0 spiro atoms. The fourth-order valence-corrected chi connectivity index (χ4v) is 3.60. The largest absolute Gasteiger partial charge is 0.392 e. The summed E-state index contributed by atoms with van der Waals surface area (Å²) in [6.07, 6.45) is 3.54. The summed E-state index contributed by atoms with van der Waals surface area (Å²) in [7, 11) is 0. The van der Waals surface area contributed by atoms with Crippen molar-refractivity contribution in [2.24, 2.45) is 0 Å². The summed E-state index contributed by atoms with van der Waals surface area (Å²) in [5.41, 5.74) is 0. The van der Waals surface area contributed by atoms with Crippen LogP contribution in [0.1, 0.15) is 25.7 Å². The number of hydrogen-bond acceptors (Lipinski definition) is 3. The smallest absolute Gasteiger partial charge is 0.0659 e. The fraction of sp³-hybridized carbons (Fsp3) is 1.00. The molecule has 2 N–H and O–H groups in total. The molecule has 0 aliphatic carbocycles. The molecule has 0 aromatic rings. The van der Waals surface area contributed by atoms with E-state index in [1.807, 2.05) is 0 Å². The Morgan fingerprint density at radius 2 is 1.27 bits per heavy atom. The van der Waals surface area contributed by atoms with E-state index in [0.29, 0.717) is 10.5 Å². The number of fused-ring (bicyclic) bond motifs is 2. The third-order valence-corrected chi connectivity index (χ3v) is 4.50. The summed E-state index contributed by atoms with van der Waals surface area (Å²) in [6, 6.07) is 0. The highest BCUT2D eigenvalue weighted by atomic mass is 32.2. The molecule has 0 aromatic carbocycles. The van der Waals surface area contributed by atoms with Crippen LogP contribution in [0.2, 0.25) is 0 Å². The number of thioether (sulfide) groups is 1. The molecule has 64 valence electrons. The van der Waals surface area contributed by atoms with Crippen LogP contribution in [-0.4, -0.2) is 32.9 Å². The van der Waals surface area contributed by atoms with Gasteiger partial charge in [0.05, 0.1) is 12.2 Å². The van der Waals surface area contributed by atoms with Gasteiger partial charge in [-0.1, -0.05) is 0 Å². The molecule has 2 nitrogen and oxygen atoms in total. The maximum atomic E-state index is 9.50. The molecular weight excluding hydrogens is 160 g/mol. The highest BCUT2D eigenvalue weighted by Gasteiger charge is 2.37. The molecule has 0 amide bonds. The van der Waals surface area contributed by atoms with E-state index in [4.69, 9.17) is 0 Å². The highest BCUT2D eigenvalue weighted by Crippen LogP contribution is 2.41. The quantitative estimate of drug-likeness (QED) is 0.570. The average Bonchev–Trinajstić information content (AvgIpc) is 2.02. The SMILES string of the molecule is OC1CCC2SC1CCC2O. The number of aliphatic hydroxyl groups excluding tert-OH is 2. The van der Waals surface area contributed by atoms with Crippen molar-refractivity contribution in [3.63, 3.8) is 0 Å². The van der Waals surface area contributed by atoms with Crippen LogP contribution in [0.3, 0.4) is 0 Å². The number of rotatable bonds is 0. The van der Waals surface area contributed by atoms with Crippen LogP contribution in [0.15, 0.2) is 0 Å². The van der Waals surface area contributed by atoms with Crippen LogP contribution < -0.4 is 0 Å². The standard InChI is InChI=1S/C8H14O2S/c9-5-1-3-7-6(10)2-4-8(5)11-7/h5-10H,1-4H2. The Bertz CT molecular complexity index is 135. The minimum atomic E-state index is -0.108. The zero-order chi connectivity index (χ0) is 7.84. The van der Waals surface area contributed by atoms with E-state index in [0.717, 1.165) is 25.7 Å². The second-order valence-corrected chi connectivity index (χ2v) is 4.99. The van der Waals surface area contributed by atoms with Gasteiger partial charge in [0, 0.05) is 10.5 Å². The first-order valence-corrected chi connectivity index (χ1v) is 5.23. The Labute approximate surface area is 71.0 Å². The average molecular weight is 174 g/mol. The van der Waals surface area contributed by atoms with Crippen LogP contribution in [0, 0.1) is 0 Å². The summed E-state index contributed by atoms with van der Waals surface area (Å²) in [5, 5.41) is 19.8. The molecule has 2 aliphatic heterocycles. The molecule has 0 radical (unpaired) electrons. The first-order chi connectivity index (χ1) is 5.27. The Morgan fingerprint density at radius 1 is 0.818 bits per heavy atom. The van der Waals surface area contributed by atoms with Crippen molar-refractivity contribution in [2.75, 3.05) is 0 Å². The topological polar surface area (TPSA) is 40.5 Å². The lowest BCUT2D eigenvalue weighted by molar-refractivity contribution is 0.0913. The van der Waals surface area contributed by atoms with Crippen LogP contribution in [0.4, 0.5) is 0 Å². The molecule has 4 unspecified atom stereocenters. The van der Waals surface area contributed by atoms with Gasteiger partial charge in [-0.15, -0.1) is 11.8 Å². The lowest BCUT2D eigenvalue weighted by atomic mass is 9.95. The third-order valence-electron chi connectivity index (χ3n) is 2.70. The molecule has 0 saturated carbocycles. The molecule has 2 bridgehead atoms. The zero-order valence-electron chi connectivity index (χ0n) is 6.44. The van der Waals surface area contributed by atoms with E-state index < -0.39 is 0 Å². The summed E-state index contributed by atoms with van der Waals surface area (Å²) < 4.78 is 0. The van der Waals surface area contributed by atoms with Gasteiger partial charge in [0.25, 0.3) is 0 Å². The van der Waals surface area contributed by atoms with Crippen LogP contribution in [-0.2, 0) is 0 Å². The summed E-state index contributed by atoms with van der Waals surface area (Å²) in [6.45, 7) is 0. The molecule has 3 heteroatoms. The molecule has 2 rings (SSSR count). The monoisotopic (exact) mass is 174 g/mol. The Balaban J connectivity index is 2.02. The Hall–Kier alpha value is 0.270. The second-order valence-electron chi connectivity index (χ2n) is 3.50. The van der Waals surface area contributed by atoms with E-state index in [1.54, 1.807) is 11.8 Å². The predicted octanol–water partition coefficient (Wildman–Crippen LogP) is 0.766. The van der Waals surface area contributed by atoms with E-state index in [9.17, 15) is 10.2 Å². The van der Waals surface area contributed by atoms with Gasteiger partial charge in [-0.2, -0.15) is 0 Å². The van der Waals surface area contributed by atoms with E-state index in [2.05, 4.69) is 0 Å². The highest BCUT2D eigenvalue weighted by molar-refractivity contribution is 8.00. The van der Waals surface area contributed by atoms with Crippen LogP contribution in [0.25, 0.3) is 0 Å². The minimum absolute atomic E-state index is 0.108. The molecular formula is C8H14O2S. The van der Waals surface area contributed by atoms with Crippen molar-refractivity contribution >= 4 is 11.8 Å². The predicted molar refractivity (Wildman–Crippen MR) is 45.6 cm³/mol. The minimum Gasteiger partial charge on any atom is -0.392 e. The van der Waals surface area contributed by atoms with Gasteiger partial charge in [-0.05, 0) is 25.7 Å². The summed E-state index contributed by atoms with van der Waals surface area (Å²) in [4.78, 5) is 0. The van der Waals surface area contributed by atoms with Crippen molar-refractivity contribution in [1.82, 2.24) is 0 Å². The van der Waals surface area contributed by atoms with E-state index in [-0.39, 0.29) is 12.2 Å². The molecule has 11 heavy (non-hydrogen) atoms. The van der Waals surface area contributed by atoms with Gasteiger partial charge < -0.3 is 10.2 Å². The third kappa shape index (κ3) is 1.42. The lowest BCUT2D eigenvalue weighted by Gasteiger charge is -2.40. The van der Waals surface area contributed by atoms with Gasteiger partial charge in [-0.3, -0.25) is 0 Å².